The third-order valence-corrected chi connectivity index (χ3v) is 3.57. The van der Waals surface area contributed by atoms with Gasteiger partial charge in [0.1, 0.15) is 0 Å². The summed E-state index contributed by atoms with van der Waals surface area (Å²) in [4.78, 5) is 11.0. The molecule has 0 spiro atoms. The van der Waals surface area contributed by atoms with Gasteiger partial charge in [0.25, 0.3) is 0 Å². The Labute approximate surface area is 111 Å². The van der Waals surface area contributed by atoms with E-state index in [9.17, 15) is 0 Å². The summed E-state index contributed by atoms with van der Waals surface area (Å²) in [6, 6.07) is 4.00. The molecule has 2 heterocycles. The number of aryl methyl sites for hydroxylation is 1. The van der Waals surface area contributed by atoms with Crippen LogP contribution in [0.2, 0.25) is 0 Å². The molecule has 96 valence electrons. The quantitative estimate of drug-likeness (QED) is 0.920. The number of nitrogens with two attached hydrogens (primary N) is 1. The SMILES string of the molecule is Cc1nc(CN(C)c2ccc(C(C)N)nc2)cs1. The molecule has 0 aliphatic carbocycles. The van der Waals surface area contributed by atoms with E-state index in [1.165, 1.54) is 0 Å². The summed E-state index contributed by atoms with van der Waals surface area (Å²) in [6.07, 6.45) is 1.86. The molecule has 2 aromatic rings. The smallest absolute Gasteiger partial charge is 0.0898 e. The summed E-state index contributed by atoms with van der Waals surface area (Å²) >= 11 is 1.68. The first kappa shape index (κ1) is 13.0. The molecule has 0 aromatic carbocycles. The Kier molecular flexibility index (Phi) is 3.93. The Morgan fingerprint density at radius 3 is 2.72 bits per heavy atom. The van der Waals surface area contributed by atoms with Crippen LogP contribution in [0, 0.1) is 6.92 Å². The van der Waals surface area contributed by atoms with Crippen molar-refractivity contribution in [2.45, 2.75) is 26.4 Å². The highest BCUT2D eigenvalue weighted by molar-refractivity contribution is 7.09. The summed E-state index contributed by atoms with van der Waals surface area (Å²) in [5, 5.41) is 3.19. The Balaban J connectivity index is 2.06. The van der Waals surface area contributed by atoms with Crippen molar-refractivity contribution in [2.75, 3.05) is 11.9 Å². The van der Waals surface area contributed by atoms with Crippen molar-refractivity contribution in [1.29, 1.82) is 0 Å². The van der Waals surface area contributed by atoms with Gasteiger partial charge in [0.15, 0.2) is 0 Å². The molecule has 0 fully saturated rings. The second-order valence-electron chi connectivity index (χ2n) is 4.44. The Hall–Kier alpha value is -1.46. The largest absolute Gasteiger partial charge is 0.367 e. The van der Waals surface area contributed by atoms with E-state index >= 15 is 0 Å². The van der Waals surface area contributed by atoms with E-state index in [0.29, 0.717) is 0 Å². The molecule has 0 saturated carbocycles. The summed E-state index contributed by atoms with van der Waals surface area (Å²) in [5.74, 6) is 0. The van der Waals surface area contributed by atoms with Crippen LogP contribution in [0.3, 0.4) is 0 Å². The monoisotopic (exact) mass is 262 g/mol. The van der Waals surface area contributed by atoms with Crippen molar-refractivity contribution in [3.63, 3.8) is 0 Å². The zero-order valence-electron chi connectivity index (χ0n) is 10.9. The van der Waals surface area contributed by atoms with Crippen LogP contribution >= 0.6 is 11.3 Å². The zero-order chi connectivity index (χ0) is 13.1. The first-order valence-electron chi connectivity index (χ1n) is 5.90. The van der Waals surface area contributed by atoms with E-state index in [2.05, 4.69) is 20.2 Å². The highest BCUT2D eigenvalue weighted by atomic mass is 32.1. The highest BCUT2D eigenvalue weighted by Crippen LogP contribution is 2.17. The van der Waals surface area contributed by atoms with Crippen molar-refractivity contribution in [2.24, 2.45) is 5.73 Å². The van der Waals surface area contributed by atoms with Gasteiger partial charge in [0, 0.05) is 18.5 Å². The van der Waals surface area contributed by atoms with Crippen LogP contribution < -0.4 is 10.6 Å². The van der Waals surface area contributed by atoms with Gasteiger partial charge in [0.2, 0.25) is 0 Å². The maximum absolute atomic E-state index is 5.78. The lowest BCUT2D eigenvalue weighted by Crippen LogP contribution is -2.17. The third kappa shape index (κ3) is 3.05. The maximum atomic E-state index is 5.78. The summed E-state index contributed by atoms with van der Waals surface area (Å²) < 4.78 is 0. The predicted molar refractivity (Wildman–Crippen MR) is 75.8 cm³/mol. The first-order chi connectivity index (χ1) is 8.56. The van der Waals surface area contributed by atoms with Crippen molar-refractivity contribution < 1.29 is 0 Å². The van der Waals surface area contributed by atoms with E-state index in [1.54, 1.807) is 11.3 Å². The number of hydrogen-bond donors (Lipinski definition) is 1. The number of anilines is 1. The topological polar surface area (TPSA) is 55.0 Å². The molecule has 0 radical (unpaired) electrons. The molecule has 0 aliphatic rings. The first-order valence-corrected chi connectivity index (χ1v) is 6.78. The lowest BCUT2D eigenvalue weighted by molar-refractivity contribution is 0.778. The molecular formula is C13H18N4S. The molecule has 1 unspecified atom stereocenters. The van der Waals surface area contributed by atoms with Crippen molar-refractivity contribution in [1.82, 2.24) is 9.97 Å². The molecule has 0 saturated heterocycles. The molecule has 18 heavy (non-hydrogen) atoms. The zero-order valence-corrected chi connectivity index (χ0v) is 11.7. The van der Waals surface area contributed by atoms with Crippen LogP contribution in [0.4, 0.5) is 5.69 Å². The number of aromatic nitrogens is 2. The van der Waals surface area contributed by atoms with Crippen LogP contribution in [0.5, 0.6) is 0 Å². The van der Waals surface area contributed by atoms with Crippen LogP contribution in [-0.4, -0.2) is 17.0 Å². The molecular weight excluding hydrogens is 244 g/mol. The van der Waals surface area contributed by atoms with Gasteiger partial charge in [-0.05, 0) is 26.0 Å². The number of thiazole rings is 1. The second kappa shape index (κ2) is 5.46. The van der Waals surface area contributed by atoms with Gasteiger partial charge in [-0.15, -0.1) is 11.3 Å². The molecule has 2 N–H and O–H groups in total. The summed E-state index contributed by atoms with van der Waals surface area (Å²) in [6.45, 7) is 4.75. The lowest BCUT2D eigenvalue weighted by Gasteiger charge is -2.18. The number of rotatable bonds is 4. The van der Waals surface area contributed by atoms with Gasteiger partial charge in [0.05, 0.1) is 34.8 Å². The molecule has 5 heteroatoms. The molecule has 4 nitrogen and oxygen atoms in total. The fraction of sp³-hybridized carbons (Fsp3) is 0.385. The normalized spacial score (nSPS) is 12.4. The fourth-order valence-electron chi connectivity index (χ4n) is 1.71. The van der Waals surface area contributed by atoms with Crippen LogP contribution in [0.25, 0.3) is 0 Å². The molecule has 2 rings (SSSR count). The molecule has 0 amide bonds. The van der Waals surface area contributed by atoms with E-state index < -0.39 is 0 Å². The summed E-state index contributed by atoms with van der Waals surface area (Å²) in [7, 11) is 2.04. The number of pyridine rings is 1. The second-order valence-corrected chi connectivity index (χ2v) is 5.51. The molecule has 2 aromatic heterocycles. The Morgan fingerprint density at radius 2 is 2.22 bits per heavy atom. The van der Waals surface area contributed by atoms with Gasteiger partial charge in [-0.2, -0.15) is 0 Å². The fourth-order valence-corrected chi connectivity index (χ4v) is 2.31. The van der Waals surface area contributed by atoms with Crippen LogP contribution in [0.15, 0.2) is 23.7 Å². The van der Waals surface area contributed by atoms with Crippen LogP contribution in [-0.2, 0) is 6.54 Å². The van der Waals surface area contributed by atoms with E-state index in [4.69, 9.17) is 5.73 Å². The van der Waals surface area contributed by atoms with Gasteiger partial charge < -0.3 is 10.6 Å². The number of hydrogen-bond acceptors (Lipinski definition) is 5. The van der Waals surface area contributed by atoms with Crippen molar-refractivity contribution in [3.05, 3.63) is 40.1 Å². The molecule has 0 bridgehead atoms. The summed E-state index contributed by atoms with van der Waals surface area (Å²) in [5.41, 5.74) is 8.86. The maximum Gasteiger partial charge on any atom is 0.0898 e. The van der Waals surface area contributed by atoms with Crippen LogP contribution in [0.1, 0.15) is 29.4 Å². The van der Waals surface area contributed by atoms with Gasteiger partial charge in [-0.3, -0.25) is 4.98 Å². The minimum Gasteiger partial charge on any atom is -0.367 e. The number of nitrogens with zero attached hydrogens (tertiary/aromatic N) is 3. The average Bonchev–Trinajstić information content (AvgIpc) is 2.75. The third-order valence-electron chi connectivity index (χ3n) is 2.74. The van der Waals surface area contributed by atoms with Gasteiger partial charge in [-0.1, -0.05) is 0 Å². The van der Waals surface area contributed by atoms with Gasteiger partial charge in [-0.25, -0.2) is 4.98 Å². The molecule has 0 aliphatic heterocycles. The molecule has 1 atom stereocenters. The highest BCUT2D eigenvalue weighted by Gasteiger charge is 2.06. The Morgan fingerprint density at radius 1 is 1.44 bits per heavy atom. The predicted octanol–water partition coefficient (Wildman–Crippen LogP) is 2.50. The minimum atomic E-state index is -0.0226. The van der Waals surface area contributed by atoms with E-state index in [0.717, 1.165) is 28.6 Å². The van der Waals surface area contributed by atoms with E-state index in [1.807, 2.05) is 39.2 Å². The standard InChI is InChI=1S/C13H18N4S/c1-9(14)13-5-4-12(6-15-13)17(3)7-11-8-18-10(2)16-11/h4-6,8-9H,7,14H2,1-3H3. The van der Waals surface area contributed by atoms with E-state index in [-0.39, 0.29) is 6.04 Å². The Bertz CT molecular complexity index is 504. The van der Waals surface area contributed by atoms with Gasteiger partial charge >= 0.3 is 0 Å². The lowest BCUT2D eigenvalue weighted by atomic mass is 10.2. The van der Waals surface area contributed by atoms with Crippen molar-refractivity contribution in [3.8, 4) is 0 Å². The van der Waals surface area contributed by atoms with Crippen molar-refractivity contribution >= 4 is 17.0 Å². The average molecular weight is 262 g/mol. The minimum absolute atomic E-state index is 0.0226.